The van der Waals surface area contributed by atoms with E-state index in [1.54, 1.807) is 6.07 Å². The van der Waals surface area contributed by atoms with E-state index < -0.39 is 17.6 Å². The zero-order valence-corrected chi connectivity index (χ0v) is 16.3. The molecule has 3 rings (SSSR count). The molecule has 0 fully saturated rings. The maximum Gasteiger partial charge on any atom is 0.417 e. The Hall–Kier alpha value is -3.00. The first-order valence-corrected chi connectivity index (χ1v) is 9.11. The Morgan fingerprint density at radius 3 is 2.45 bits per heavy atom. The Morgan fingerprint density at radius 1 is 1.17 bits per heavy atom. The molecule has 2 N–H and O–H groups in total. The number of rotatable bonds is 5. The topological polar surface area (TPSA) is 58.9 Å². The van der Waals surface area contributed by atoms with E-state index >= 15 is 0 Å². The van der Waals surface area contributed by atoms with Gasteiger partial charge in [0.1, 0.15) is 5.69 Å². The van der Waals surface area contributed by atoms with Crippen LogP contribution < -0.4 is 10.9 Å². The molecule has 29 heavy (non-hydrogen) atoms. The van der Waals surface area contributed by atoms with Crippen molar-refractivity contribution in [3.63, 3.8) is 0 Å². The van der Waals surface area contributed by atoms with Crippen LogP contribution >= 0.6 is 11.6 Å². The first-order chi connectivity index (χ1) is 13.7. The molecule has 0 aliphatic rings. The largest absolute Gasteiger partial charge is 0.417 e. The molecule has 0 aliphatic heterocycles. The summed E-state index contributed by atoms with van der Waals surface area (Å²) in [6.07, 6.45) is -2.38. The van der Waals surface area contributed by atoms with Crippen LogP contribution in [-0.2, 0) is 6.18 Å². The predicted molar refractivity (Wildman–Crippen MR) is 105 cm³/mol. The number of benzene rings is 1. The highest BCUT2D eigenvalue weighted by Crippen LogP contribution is 2.32. The van der Waals surface area contributed by atoms with Crippen molar-refractivity contribution in [1.29, 1.82) is 0 Å². The lowest BCUT2D eigenvalue weighted by molar-refractivity contribution is -0.137. The Bertz CT molecular complexity index is 1010. The summed E-state index contributed by atoms with van der Waals surface area (Å²) in [7, 11) is 0. The molecule has 0 bridgehead atoms. The minimum atomic E-state index is -4.55. The van der Waals surface area contributed by atoms with Crippen LogP contribution in [0.1, 0.15) is 41.4 Å². The van der Waals surface area contributed by atoms with E-state index in [0.717, 1.165) is 6.07 Å². The molecule has 2 aromatic heterocycles. The molecule has 5 nitrogen and oxygen atoms in total. The number of pyridine rings is 1. The molecule has 0 aliphatic carbocycles. The van der Waals surface area contributed by atoms with Crippen molar-refractivity contribution < 1.29 is 18.0 Å². The fourth-order valence-corrected chi connectivity index (χ4v) is 2.92. The first-order valence-electron chi connectivity index (χ1n) is 8.73. The van der Waals surface area contributed by atoms with Crippen molar-refractivity contribution in [2.24, 2.45) is 0 Å². The Kier molecular flexibility index (Phi) is 5.83. The van der Waals surface area contributed by atoms with Gasteiger partial charge in [-0.25, -0.2) is 4.98 Å². The Balaban J connectivity index is 1.76. The normalized spacial score (nSPS) is 11.6. The smallest absolute Gasteiger partial charge is 0.298 e. The monoisotopic (exact) mass is 422 g/mol. The van der Waals surface area contributed by atoms with Crippen molar-refractivity contribution >= 4 is 23.2 Å². The first kappa shape index (κ1) is 20.7. The van der Waals surface area contributed by atoms with Gasteiger partial charge >= 0.3 is 6.18 Å². The highest BCUT2D eigenvalue weighted by molar-refractivity contribution is 6.32. The van der Waals surface area contributed by atoms with E-state index in [0.29, 0.717) is 17.8 Å². The summed E-state index contributed by atoms with van der Waals surface area (Å²) in [5, 5.41) is -0.220. The van der Waals surface area contributed by atoms with E-state index in [1.807, 2.05) is 24.3 Å². The lowest BCUT2D eigenvalue weighted by atomic mass is 10.0. The summed E-state index contributed by atoms with van der Waals surface area (Å²) < 4.78 is 39.7. The minimum Gasteiger partial charge on any atom is -0.298 e. The number of hydrogen-bond acceptors (Lipinski definition) is 3. The average molecular weight is 423 g/mol. The average Bonchev–Trinajstić information content (AvgIpc) is 3.15. The highest BCUT2D eigenvalue weighted by atomic mass is 35.5. The van der Waals surface area contributed by atoms with Gasteiger partial charge in [-0.15, -0.1) is 0 Å². The van der Waals surface area contributed by atoms with Crippen LogP contribution in [0.4, 0.5) is 18.9 Å². The number of amides is 1. The van der Waals surface area contributed by atoms with Gasteiger partial charge in [0, 0.05) is 12.4 Å². The van der Waals surface area contributed by atoms with Gasteiger partial charge in [0.2, 0.25) is 0 Å². The molecule has 0 atom stereocenters. The highest BCUT2D eigenvalue weighted by Gasteiger charge is 2.32. The van der Waals surface area contributed by atoms with Crippen LogP contribution in [0.5, 0.6) is 0 Å². The van der Waals surface area contributed by atoms with Crippen molar-refractivity contribution in [3.05, 3.63) is 76.7 Å². The number of nitrogens with one attached hydrogen (secondary N) is 2. The number of nitrogens with zero attached hydrogens (tertiary/aromatic N) is 2. The number of hydrazine groups is 1. The van der Waals surface area contributed by atoms with Gasteiger partial charge in [0.15, 0.2) is 5.82 Å². The minimum absolute atomic E-state index is 0.0242. The van der Waals surface area contributed by atoms with Gasteiger partial charge in [-0.1, -0.05) is 37.6 Å². The summed E-state index contributed by atoms with van der Waals surface area (Å²) in [6, 6.07) is 11.4. The maximum atomic E-state index is 12.8. The molecule has 0 radical (unpaired) electrons. The summed E-state index contributed by atoms with van der Waals surface area (Å²) in [5.74, 6) is -0.0836. The molecular weight excluding hydrogens is 405 g/mol. The number of carbonyl (C=O) groups excluding carboxylic acids is 1. The number of aromatic nitrogens is 2. The molecule has 152 valence electrons. The fraction of sp³-hybridized carbons (Fsp3) is 0.200. The summed E-state index contributed by atoms with van der Waals surface area (Å²) in [4.78, 5) is 16.3. The van der Waals surface area contributed by atoms with Crippen molar-refractivity contribution in [3.8, 4) is 5.82 Å². The second kappa shape index (κ2) is 8.16. The van der Waals surface area contributed by atoms with Gasteiger partial charge < -0.3 is 0 Å². The second-order valence-corrected chi connectivity index (χ2v) is 7.05. The van der Waals surface area contributed by atoms with E-state index in [9.17, 15) is 18.0 Å². The number of anilines is 1. The molecule has 0 spiro atoms. The number of hydrogen-bond donors (Lipinski definition) is 2. The SMILES string of the molecule is CC(C)c1ccc(NNC(=O)c2cccn2-c2ncc(C(F)(F)F)cc2Cl)cc1. The summed E-state index contributed by atoms with van der Waals surface area (Å²) in [6.45, 7) is 4.16. The van der Waals surface area contributed by atoms with Crippen LogP contribution in [0.3, 0.4) is 0 Å². The second-order valence-electron chi connectivity index (χ2n) is 6.65. The van der Waals surface area contributed by atoms with E-state index in [4.69, 9.17) is 11.6 Å². The Labute approximate surface area is 170 Å². The van der Waals surface area contributed by atoms with Crippen molar-refractivity contribution in [2.75, 3.05) is 5.43 Å². The molecule has 0 saturated carbocycles. The van der Waals surface area contributed by atoms with Gasteiger partial charge in [-0.05, 0) is 41.8 Å². The van der Waals surface area contributed by atoms with Gasteiger partial charge in [0.05, 0.1) is 16.3 Å². The van der Waals surface area contributed by atoms with Crippen LogP contribution in [0.15, 0.2) is 54.9 Å². The molecule has 1 amide bonds. The molecule has 1 aromatic carbocycles. The summed E-state index contributed by atoms with van der Waals surface area (Å²) in [5.41, 5.74) is 6.41. The van der Waals surface area contributed by atoms with Gasteiger partial charge in [-0.3, -0.25) is 20.2 Å². The third kappa shape index (κ3) is 4.71. The fourth-order valence-electron chi connectivity index (χ4n) is 2.66. The van der Waals surface area contributed by atoms with Gasteiger partial charge in [0.25, 0.3) is 5.91 Å². The van der Waals surface area contributed by atoms with Crippen LogP contribution in [0.25, 0.3) is 5.82 Å². The zero-order valence-electron chi connectivity index (χ0n) is 15.6. The quantitative estimate of drug-likeness (QED) is 0.539. The van der Waals surface area contributed by atoms with E-state index in [2.05, 4.69) is 29.7 Å². The lowest BCUT2D eigenvalue weighted by Gasteiger charge is -2.14. The summed E-state index contributed by atoms with van der Waals surface area (Å²) >= 11 is 5.99. The zero-order chi connectivity index (χ0) is 21.2. The molecule has 0 saturated heterocycles. The molecule has 0 unspecified atom stereocenters. The number of carbonyl (C=O) groups is 1. The molecule has 2 heterocycles. The van der Waals surface area contributed by atoms with Crippen LogP contribution in [0, 0.1) is 0 Å². The number of alkyl halides is 3. The molecule has 9 heteroatoms. The van der Waals surface area contributed by atoms with Crippen molar-refractivity contribution in [1.82, 2.24) is 15.0 Å². The van der Waals surface area contributed by atoms with Crippen LogP contribution in [0.2, 0.25) is 5.02 Å². The third-order valence-electron chi connectivity index (χ3n) is 4.26. The molecular formula is C20H18ClF3N4O. The van der Waals surface area contributed by atoms with Crippen LogP contribution in [-0.4, -0.2) is 15.5 Å². The third-order valence-corrected chi connectivity index (χ3v) is 4.53. The maximum absolute atomic E-state index is 12.8. The van der Waals surface area contributed by atoms with Crippen molar-refractivity contribution in [2.45, 2.75) is 25.9 Å². The van der Waals surface area contributed by atoms with E-state index in [-0.39, 0.29) is 16.5 Å². The predicted octanol–water partition coefficient (Wildman–Crippen LogP) is 5.42. The molecule has 3 aromatic rings. The lowest BCUT2D eigenvalue weighted by Crippen LogP contribution is -2.31. The standard InChI is InChI=1S/C20H18ClF3N4O/c1-12(2)13-5-7-15(8-6-13)26-27-19(29)17-4-3-9-28(17)18-16(21)10-14(11-25-18)20(22,23)24/h3-12,26H,1-2H3,(H,27,29). The number of halogens is 4. The Morgan fingerprint density at radius 2 is 1.86 bits per heavy atom. The van der Waals surface area contributed by atoms with E-state index in [1.165, 1.54) is 22.4 Å². The van der Waals surface area contributed by atoms with Gasteiger partial charge in [-0.2, -0.15) is 13.2 Å².